The van der Waals surface area contributed by atoms with Gasteiger partial charge in [-0.2, -0.15) is 0 Å². The maximum atomic E-state index is 11.7. The smallest absolute Gasteiger partial charge is 0.344 e. The third kappa shape index (κ3) is 7.17. The summed E-state index contributed by atoms with van der Waals surface area (Å²) in [6.07, 6.45) is 0. The standard InChI is InChI=1S/C18H27NO4/c1-12(2)9-19-17(20)10-23-18(21)11-22-16-8-15(13(3)4)7-6-14(16)5/h6-8,12-13H,9-11H2,1-5H3,(H,19,20). The Kier molecular flexibility index (Phi) is 7.59. The number of benzene rings is 1. The van der Waals surface area contributed by atoms with Crippen LogP contribution in [0.5, 0.6) is 5.75 Å². The molecule has 23 heavy (non-hydrogen) atoms. The zero-order valence-corrected chi connectivity index (χ0v) is 14.6. The maximum Gasteiger partial charge on any atom is 0.344 e. The summed E-state index contributed by atoms with van der Waals surface area (Å²) in [5, 5.41) is 2.68. The lowest BCUT2D eigenvalue weighted by Crippen LogP contribution is -2.32. The van der Waals surface area contributed by atoms with Crippen molar-refractivity contribution < 1.29 is 19.1 Å². The molecule has 128 valence electrons. The molecule has 1 amide bonds. The number of aryl methyl sites for hydroxylation is 1. The Morgan fingerprint density at radius 3 is 2.43 bits per heavy atom. The topological polar surface area (TPSA) is 64.6 Å². The lowest BCUT2D eigenvalue weighted by Gasteiger charge is -2.12. The molecule has 0 aromatic heterocycles. The number of hydrogen-bond donors (Lipinski definition) is 1. The fraction of sp³-hybridized carbons (Fsp3) is 0.556. The van der Waals surface area contributed by atoms with Crippen LogP contribution in [0.2, 0.25) is 0 Å². The van der Waals surface area contributed by atoms with E-state index in [9.17, 15) is 9.59 Å². The zero-order chi connectivity index (χ0) is 17.4. The van der Waals surface area contributed by atoms with Crippen molar-refractivity contribution in [3.05, 3.63) is 29.3 Å². The molecule has 5 nitrogen and oxygen atoms in total. The lowest BCUT2D eigenvalue weighted by atomic mass is 10.0. The molecular weight excluding hydrogens is 294 g/mol. The van der Waals surface area contributed by atoms with E-state index in [-0.39, 0.29) is 19.1 Å². The van der Waals surface area contributed by atoms with E-state index in [4.69, 9.17) is 9.47 Å². The van der Waals surface area contributed by atoms with Gasteiger partial charge in [0.1, 0.15) is 5.75 Å². The maximum absolute atomic E-state index is 11.7. The summed E-state index contributed by atoms with van der Waals surface area (Å²) in [5.41, 5.74) is 2.10. The van der Waals surface area contributed by atoms with Crippen LogP contribution in [0.4, 0.5) is 0 Å². The fourth-order valence-corrected chi connectivity index (χ4v) is 1.82. The van der Waals surface area contributed by atoms with E-state index in [1.165, 1.54) is 0 Å². The first-order valence-corrected chi connectivity index (χ1v) is 7.95. The Bertz CT molecular complexity index is 538. The van der Waals surface area contributed by atoms with Gasteiger partial charge in [-0.1, -0.05) is 39.8 Å². The van der Waals surface area contributed by atoms with E-state index < -0.39 is 5.97 Å². The molecule has 5 heteroatoms. The SMILES string of the molecule is Cc1ccc(C(C)C)cc1OCC(=O)OCC(=O)NCC(C)C. The first kappa shape index (κ1) is 19.0. The van der Waals surface area contributed by atoms with E-state index >= 15 is 0 Å². The molecule has 0 bridgehead atoms. The molecule has 0 aliphatic heterocycles. The molecular formula is C18H27NO4. The van der Waals surface area contributed by atoms with Gasteiger partial charge in [0.25, 0.3) is 5.91 Å². The van der Waals surface area contributed by atoms with E-state index in [2.05, 4.69) is 19.2 Å². The number of esters is 1. The van der Waals surface area contributed by atoms with Gasteiger partial charge in [-0.25, -0.2) is 4.79 Å². The van der Waals surface area contributed by atoms with Crippen molar-refractivity contribution in [2.75, 3.05) is 19.8 Å². The molecule has 1 aromatic carbocycles. The van der Waals surface area contributed by atoms with Crippen LogP contribution in [0.15, 0.2) is 18.2 Å². The molecule has 1 rings (SSSR count). The Labute approximate surface area is 138 Å². The van der Waals surface area contributed by atoms with Gasteiger partial charge in [0, 0.05) is 6.54 Å². The number of amides is 1. The molecule has 0 saturated carbocycles. The number of rotatable bonds is 8. The van der Waals surface area contributed by atoms with Crippen molar-refractivity contribution in [3.63, 3.8) is 0 Å². The Balaban J connectivity index is 2.41. The largest absolute Gasteiger partial charge is 0.482 e. The monoisotopic (exact) mass is 321 g/mol. The summed E-state index contributed by atoms with van der Waals surface area (Å²) in [6, 6.07) is 5.95. The van der Waals surface area contributed by atoms with Crippen molar-refractivity contribution >= 4 is 11.9 Å². The first-order chi connectivity index (χ1) is 10.8. The summed E-state index contributed by atoms with van der Waals surface area (Å²) < 4.78 is 10.4. The summed E-state index contributed by atoms with van der Waals surface area (Å²) in [5.74, 6) is 0.547. The van der Waals surface area contributed by atoms with Gasteiger partial charge in [0.15, 0.2) is 13.2 Å². The van der Waals surface area contributed by atoms with Crippen molar-refractivity contribution in [1.29, 1.82) is 0 Å². The predicted octanol–water partition coefficient (Wildman–Crippen LogP) is 2.81. The summed E-state index contributed by atoms with van der Waals surface area (Å²) in [6.45, 7) is 10.2. The van der Waals surface area contributed by atoms with Gasteiger partial charge in [0.2, 0.25) is 0 Å². The third-order valence-corrected chi connectivity index (χ3v) is 3.30. The highest BCUT2D eigenvalue weighted by atomic mass is 16.6. The molecule has 0 atom stereocenters. The minimum absolute atomic E-state index is 0.208. The second-order valence-electron chi connectivity index (χ2n) is 6.33. The summed E-state index contributed by atoms with van der Waals surface area (Å²) in [4.78, 5) is 23.1. The summed E-state index contributed by atoms with van der Waals surface area (Å²) >= 11 is 0. The van der Waals surface area contributed by atoms with E-state index in [1.54, 1.807) is 0 Å². The van der Waals surface area contributed by atoms with E-state index in [0.29, 0.717) is 24.1 Å². The molecule has 0 aliphatic rings. The second kappa shape index (κ2) is 9.18. The highest BCUT2D eigenvalue weighted by molar-refractivity contribution is 5.80. The van der Waals surface area contributed by atoms with E-state index in [0.717, 1.165) is 11.1 Å². The predicted molar refractivity (Wildman–Crippen MR) is 89.6 cm³/mol. The quantitative estimate of drug-likeness (QED) is 0.748. The molecule has 0 fully saturated rings. The van der Waals surface area contributed by atoms with Gasteiger partial charge < -0.3 is 14.8 Å². The number of nitrogens with one attached hydrogen (secondary N) is 1. The molecule has 0 unspecified atom stereocenters. The van der Waals surface area contributed by atoms with Crippen molar-refractivity contribution in [2.24, 2.45) is 5.92 Å². The molecule has 1 aromatic rings. The minimum atomic E-state index is -0.556. The molecule has 0 radical (unpaired) electrons. The van der Waals surface area contributed by atoms with Crippen molar-refractivity contribution in [3.8, 4) is 5.75 Å². The Hall–Kier alpha value is -2.04. The third-order valence-electron chi connectivity index (χ3n) is 3.30. The molecule has 0 heterocycles. The van der Waals surface area contributed by atoms with Crippen LogP contribution in [0.25, 0.3) is 0 Å². The molecule has 1 N–H and O–H groups in total. The van der Waals surface area contributed by atoms with E-state index in [1.807, 2.05) is 39.0 Å². The average Bonchev–Trinajstić information content (AvgIpc) is 2.49. The van der Waals surface area contributed by atoms with Crippen LogP contribution in [0.1, 0.15) is 44.7 Å². The zero-order valence-electron chi connectivity index (χ0n) is 14.6. The van der Waals surface area contributed by atoms with Gasteiger partial charge >= 0.3 is 5.97 Å². The molecule has 0 saturated heterocycles. The van der Waals surface area contributed by atoms with Crippen LogP contribution < -0.4 is 10.1 Å². The fourth-order valence-electron chi connectivity index (χ4n) is 1.82. The second-order valence-corrected chi connectivity index (χ2v) is 6.33. The van der Waals surface area contributed by atoms with Crippen molar-refractivity contribution in [1.82, 2.24) is 5.32 Å². The van der Waals surface area contributed by atoms with Crippen molar-refractivity contribution in [2.45, 2.75) is 40.5 Å². The number of carbonyl (C=O) groups is 2. The van der Waals surface area contributed by atoms with Crippen LogP contribution in [-0.4, -0.2) is 31.6 Å². The minimum Gasteiger partial charge on any atom is -0.482 e. The van der Waals surface area contributed by atoms with Crippen LogP contribution >= 0.6 is 0 Å². The van der Waals surface area contributed by atoms with Gasteiger partial charge in [-0.05, 0) is 36.0 Å². The number of carbonyl (C=O) groups excluding carboxylic acids is 2. The van der Waals surface area contributed by atoms with Crippen LogP contribution in [0.3, 0.4) is 0 Å². The van der Waals surface area contributed by atoms with Gasteiger partial charge in [0.05, 0.1) is 0 Å². The normalized spacial score (nSPS) is 10.7. The lowest BCUT2D eigenvalue weighted by molar-refractivity contribution is -0.150. The number of ether oxygens (including phenoxy) is 2. The van der Waals surface area contributed by atoms with Crippen LogP contribution in [0, 0.1) is 12.8 Å². The Morgan fingerprint density at radius 1 is 1.13 bits per heavy atom. The highest BCUT2D eigenvalue weighted by Gasteiger charge is 2.10. The van der Waals surface area contributed by atoms with Gasteiger partial charge in [-0.3, -0.25) is 4.79 Å². The number of hydrogen-bond acceptors (Lipinski definition) is 4. The summed E-state index contributed by atoms with van der Waals surface area (Å²) in [7, 11) is 0. The first-order valence-electron chi connectivity index (χ1n) is 7.95. The van der Waals surface area contributed by atoms with Gasteiger partial charge in [-0.15, -0.1) is 0 Å². The highest BCUT2D eigenvalue weighted by Crippen LogP contribution is 2.24. The molecule has 0 spiro atoms. The average molecular weight is 321 g/mol. The van der Waals surface area contributed by atoms with Crippen LogP contribution in [-0.2, 0) is 14.3 Å². The Morgan fingerprint density at radius 2 is 1.83 bits per heavy atom. The molecule has 0 aliphatic carbocycles.